The fourth-order valence-electron chi connectivity index (χ4n) is 2.14. The predicted molar refractivity (Wildman–Crippen MR) is 111 cm³/mol. The fraction of sp³-hybridized carbons (Fsp3) is 0.429. The number of ether oxygens (including phenoxy) is 1. The Kier molecular flexibility index (Phi) is 8.09. The Bertz CT molecular complexity index is 756. The normalized spacial score (nSPS) is 10.5. The minimum absolute atomic E-state index is 0.198. The third-order valence-corrected chi connectivity index (χ3v) is 3.57. The lowest BCUT2D eigenvalue weighted by Gasteiger charge is -2.15. The molecule has 0 saturated carbocycles. The zero-order valence-electron chi connectivity index (χ0n) is 17.3. The number of carbonyl (C=O) groups is 2. The molecule has 0 radical (unpaired) electrons. The molecule has 2 rings (SSSR count). The molecule has 0 aliphatic heterocycles. The molecule has 1 aromatic heterocycles. The Labute approximate surface area is 161 Å². The highest BCUT2D eigenvalue weighted by atomic mass is 16.5. The van der Waals surface area contributed by atoms with E-state index >= 15 is 0 Å². The molecule has 1 aromatic carbocycles. The van der Waals surface area contributed by atoms with Crippen LogP contribution in [0.15, 0.2) is 30.3 Å². The van der Waals surface area contributed by atoms with Crippen LogP contribution in [0.2, 0.25) is 0 Å². The van der Waals surface area contributed by atoms with Gasteiger partial charge in [0, 0.05) is 16.8 Å². The maximum atomic E-state index is 12.2. The van der Waals surface area contributed by atoms with Crippen LogP contribution in [0.1, 0.15) is 62.8 Å². The zero-order valence-corrected chi connectivity index (χ0v) is 17.3. The summed E-state index contributed by atoms with van der Waals surface area (Å²) < 4.78 is 4.77. The van der Waals surface area contributed by atoms with Crippen LogP contribution < -0.4 is 10.6 Å². The second-order valence-electron chi connectivity index (χ2n) is 7.37. The van der Waals surface area contributed by atoms with Gasteiger partial charge in [-0.25, -0.2) is 9.59 Å². The number of benzene rings is 1. The highest BCUT2D eigenvalue weighted by molar-refractivity contribution is 6.04. The van der Waals surface area contributed by atoms with E-state index in [1.165, 1.54) is 13.5 Å². The molecule has 6 nitrogen and oxygen atoms in total. The molecule has 0 fully saturated rings. The molecule has 3 N–H and O–H groups in total. The lowest BCUT2D eigenvalue weighted by molar-refractivity contribution is 0.0595. The summed E-state index contributed by atoms with van der Waals surface area (Å²) in [7, 11) is 1.30. The van der Waals surface area contributed by atoms with E-state index in [4.69, 9.17) is 4.74 Å². The molecule has 0 saturated heterocycles. The van der Waals surface area contributed by atoms with E-state index in [-0.39, 0.29) is 11.1 Å². The van der Waals surface area contributed by atoms with E-state index < -0.39 is 12.0 Å². The number of nitrogens with one attached hydrogen (secondary N) is 3. The molecule has 0 aliphatic rings. The maximum absolute atomic E-state index is 12.2. The first-order valence-electron chi connectivity index (χ1n) is 9.08. The second kappa shape index (κ2) is 9.80. The van der Waals surface area contributed by atoms with Gasteiger partial charge in [0.15, 0.2) is 0 Å². The number of methoxy groups -OCH3 is 1. The van der Waals surface area contributed by atoms with Gasteiger partial charge >= 0.3 is 12.0 Å². The van der Waals surface area contributed by atoms with Gasteiger partial charge in [0.05, 0.1) is 12.8 Å². The van der Waals surface area contributed by atoms with E-state index in [9.17, 15) is 9.59 Å². The van der Waals surface area contributed by atoms with Crippen molar-refractivity contribution in [3.63, 3.8) is 0 Å². The molecule has 0 spiro atoms. The number of rotatable bonds is 3. The monoisotopic (exact) mass is 373 g/mol. The molecule has 0 atom stereocenters. The first-order chi connectivity index (χ1) is 12.6. The summed E-state index contributed by atoms with van der Waals surface area (Å²) in [4.78, 5) is 27.2. The highest BCUT2D eigenvalue weighted by Gasteiger charge is 2.23. The molecule has 2 amide bonds. The molecule has 148 valence electrons. The van der Waals surface area contributed by atoms with E-state index in [1.807, 2.05) is 52.0 Å². The summed E-state index contributed by atoms with van der Waals surface area (Å²) in [5.74, 6) is -0.531. The van der Waals surface area contributed by atoms with Crippen molar-refractivity contribution in [2.24, 2.45) is 0 Å². The van der Waals surface area contributed by atoms with Crippen LogP contribution in [0, 0.1) is 6.92 Å². The van der Waals surface area contributed by atoms with Crippen molar-refractivity contribution in [1.29, 1.82) is 0 Å². The minimum Gasteiger partial charge on any atom is -0.464 e. The van der Waals surface area contributed by atoms with Gasteiger partial charge in [0.1, 0.15) is 5.69 Å². The lowest BCUT2D eigenvalue weighted by Crippen LogP contribution is -2.20. The summed E-state index contributed by atoms with van der Waals surface area (Å²) >= 11 is 0. The van der Waals surface area contributed by atoms with Crippen molar-refractivity contribution in [2.45, 2.75) is 53.4 Å². The number of aryl methyl sites for hydroxylation is 1. The number of carbonyl (C=O) groups excluding carboxylic acids is 2. The molecule has 6 heteroatoms. The van der Waals surface area contributed by atoms with Crippen molar-refractivity contribution in [1.82, 2.24) is 4.98 Å². The van der Waals surface area contributed by atoms with Gasteiger partial charge in [-0.2, -0.15) is 0 Å². The predicted octanol–water partition coefficient (Wildman–Crippen LogP) is 5.47. The van der Waals surface area contributed by atoms with Gasteiger partial charge in [-0.15, -0.1) is 0 Å². The number of amides is 2. The van der Waals surface area contributed by atoms with Crippen LogP contribution >= 0.6 is 0 Å². The summed E-state index contributed by atoms with van der Waals surface area (Å²) in [6.45, 7) is 12.3. The number of aromatic nitrogens is 1. The summed E-state index contributed by atoms with van der Waals surface area (Å²) in [6.07, 6.45) is 1.25. The van der Waals surface area contributed by atoms with Crippen molar-refractivity contribution in [3.05, 3.63) is 47.3 Å². The first-order valence-corrected chi connectivity index (χ1v) is 9.08. The van der Waals surface area contributed by atoms with Crippen molar-refractivity contribution < 1.29 is 14.3 Å². The van der Waals surface area contributed by atoms with Crippen molar-refractivity contribution in [3.8, 4) is 0 Å². The molecular formula is C21H31N3O3. The quantitative estimate of drug-likeness (QED) is 0.624. The van der Waals surface area contributed by atoms with Gasteiger partial charge in [0.25, 0.3) is 0 Å². The average molecular weight is 373 g/mol. The van der Waals surface area contributed by atoms with Crippen LogP contribution in [0.4, 0.5) is 16.2 Å². The lowest BCUT2D eigenvalue weighted by atomic mass is 9.92. The molecule has 0 aliphatic carbocycles. The first kappa shape index (κ1) is 22.3. The van der Waals surface area contributed by atoms with Crippen molar-refractivity contribution in [2.75, 3.05) is 17.7 Å². The third kappa shape index (κ3) is 6.81. The molecule has 27 heavy (non-hydrogen) atoms. The Hall–Kier alpha value is -2.76. The van der Waals surface area contributed by atoms with E-state index in [1.54, 1.807) is 6.07 Å². The number of aromatic amines is 1. The summed E-state index contributed by atoms with van der Waals surface area (Å²) in [6, 6.07) is 8.76. The third-order valence-electron chi connectivity index (χ3n) is 3.57. The van der Waals surface area contributed by atoms with Crippen LogP contribution in [-0.4, -0.2) is 24.1 Å². The smallest absolute Gasteiger partial charge is 0.356 e. The molecule has 1 heterocycles. The van der Waals surface area contributed by atoms with Gasteiger partial charge in [-0.05, 0) is 25.1 Å². The zero-order chi connectivity index (χ0) is 20.6. The van der Waals surface area contributed by atoms with Crippen LogP contribution in [0.25, 0.3) is 0 Å². The van der Waals surface area contributed by atoms with E-state index in [2.05, 4.69) is 29.5 Å². The Balaban J connectivity index is 0.00000114. The van der Waals surface area contributed by atoms with Gasteiger partial charge in [-0.1, -0.05) is 58.7 Å². The van der Waals surface area contributed by atoms with Crippen LogP contribution in [-0.2, 0) is 10.2 Å². The Morgan fingerprint density at radius 3 is 2.11 bits per heavy atom. The van der Waals surface area contributed by atoms with E-state index in [0.717, 1.165) is 11.3 Å². The van der Waals surface area contributed by atoms with Crippen LogP contribution in [0.5, 0.6) is 0 Å². The summed E-state index contributed by atoms with van der Waals surface area (Å²) in [5.41, 5.74) is 3.01. The fourth-order valence-corrected chi connectivity index (χ4v) is 2.14. The molecule has 2 aromatic rings. The number of hydrogen-bond donors (Lipinski definition) is 3. The number of esters is 1. The Morgan fingerprint density at radius 1 is 1.07 bits per heavy atom. The molecule has 0 unspecified atom stereocenters. The molecular weight excluding hydrogens is 342 g/mol. The second-order valence-corrected chi connectivity index (χ2v) is 7.37. The molecule has 0 bridgehead atoms. The minimum atomic E-state index is -0.531. The standard InChI is InChI=1S/C18H23N3O3.C3H8/c1-11-6-8-12(9-7-11)19-17(23)20-13-10-14(18(2,3)4)21-15(13)16(22)24-5;1-3-2/h6-10,21H,1-5H3,(H2,19,20,23);3H2,1-2H3. The van der Waals surface area contributed by atoms with Crippen molar-refractivity contribution >= 4 is 23.4 Å². The Morgan fingerprint density at radius 2 is 1.63 bits per heavy atom. The number of H-pyrrole nitrogens is 1. The van der Waals surface area contributed by atoms with E-state index in [0.29, 0.717) is 11.4 Å². The van der Waals surface area contributed by atoms with Gasteiger partial charge in [-0.3, -0.25) is 0 Å². The topological polar surface area (TPSA) is 83.2 Å². The average Bonchev–Trinajstić information content (AvgIpc) is 3.01. The van der Waals surface area contributed by atoms with Gasteiger partial charge < -0.3 is 20.4 Å². The highest BCUT2D eigenvalue weighted by Crippen LogP contribution is 2.27. The van der Waals surface area contributed by atoms with Gasteiger partial charge in [0.2, 0.25) is 0 Å². The number of anilines is 2. The number of hydrogen-bond acceptors (Lipinski definition) is 3. The maximum Gasteiger partial charge on any atom is 0.356 e. The SMILES string of the molecule is CCC.COC(=O)c1[nH]c(C(C)(C)C)cc1NC(=O)Nc1ccc(C)cc1. The summed E-state index contributed by atoms with van der Waals surface area (Å²) in [5, 5.41) is 5.43. The number of urea groups is 1. The van der Waals surface area contributed by atoms with Crippen LogP contribution in [0.3, 0.4) is 0 Å². The largest absolute Gasteiger partial charge is 0.464 e.